The zero-order chi connectivity index (χ0) is 27.0. The zero-order valence-electron chi connectivity index (χ0n) is 21.4. The molecule has 1 saturated heterocycles. The summed E-state index contributed by atoms with van der Waals surface area (Å²) >= 11 is 0. The summed E-state index contributed by atoms with van der Waals surface area (Å²) in [5.41, 5.74) is 0.824. The normalized spacial score (nSPS) is 15.0. The summed E-state index contributed by atoms with van der Waals surface area (Å²) in [6.07, 6.45) is 1.49. The lowest BCUT2D eigenvalue weighted by Gasteiger charge is -2.38. The van der Waals surface area contributed by atoms with Crippen molar-refractivity contribution in [1.82, 2.24) is 20.2 Å². The Morgan fingerprint density at radius 2 is 1.68 bits per heavy atom. The molecule has 1 aliphatic heterocycles. The van der Waals surface area contributed by atoms with Crippen LogP contribution in [0.4, 0.5) is 16.0 Å². The Labute approximate surface area is 221 Å². The quantitative estimate of drug-likeness (QED) is 0.304. The van der Waals surface area contributed by atoms with E-state index >= 15 is 0 Å². The third-order valence-electron chi connectivity index (χ3n) is 6.43. The maximum Gasteiger partial charge on any atom is 0.239 e. The van der Waals surface area contributed by atoms with Crippen molar-refractivity contribution < 1.29 is 19.1 Å². The van der Waals surface area contributed by atoms with Gasteiger partial charge in [-0.1, -0.05) is 42.5 Å². The van der Waals surface area contributed by atoms with E-state index in [9.17, 15) is 19.1 Å². The van der Waals surface area contributed by atoms with Crippen molar-refractivity contribution >= 4 is 23.5 Å². The van der Waals surface area contributed by atoms with E-state index in [0.29, 0.717) is 62.9 Å². The Morgan fingerprint density at radius 1 is 1.00 bits per heavy atom. The number of hydrogen-bond donors (Lipinski definition) is 4. The number of rotatable bonds is 10. The van der Waals surface area contributed by atoms with Gasteiger partial charge < -0.3 is 21.1 Å². The molecule has 2 heterocycles. The lowest BCUT2D eigenvalue weighted by atomic mass is 9.85. The summed E-state index contributed by atoms with van der Waals surface area (Å²) in [6.45, 7) is 3.67. The fraction of sp³-hybridized carbons (Fsp3) is 0.357. The van der Waals surface area contributed by atoms with Crippen molar-refractivity contribution in [3.63, 3.8) is 0 Å². The van der Waals surface area contributed by atoms with Gasteiger partial charge in [-0.25, -0.2) is 14.4 Å². The van der Waals surface area contributed by atoms with E-state index in [0.717, 1.165) is 11.1 Å². The molecule has 38 heavy (non-hydrogen) atoms. The van der Waals surface area contributed by atoms with E-state index in [1.54, 1.807) is 18.2 Å². The molecule has 2 amide bonds. The van der Waals surface area contributed by atoms with E-state index in [1.165, 1.54) is 19.1 Å². The van der Waals surface area contributed by atoms with Crippen LogP contribution in [0.15, 0.2) is 60.7 Å². The van der Waals surface area contributed by atoms with Gasteiger partial charge in [-0.15, -0.1) is 0 Å². The van der Waals surface area contributed by atoms with Crippen LogP contribution in [0.5, 0.6) is 0 Å². The summed E-state index contributed by atoms with van der Waals surface area (Å²) in [4.78, 5) is 35.1. The monoisotopic (exact) mass is 520 g/mol. The van der Waals surface area contributed by atoms with Crippen LogP contribution in [0.2, 0.25) is 0 Å². The predicted octanol–water partition coefficient (Wildman–Crippen LogP) is 2.84. The third-order valence-corrected chi connectivity index (χ3v) is 6.43. The average molecular weight is 521 g/mol. The molecule has 4 rings (SSSR count). The number of aliphatic hydroxyl groups is 1. The Kier molecular flexibility index (Phi) is 8.98. The molecular formula is C28H33FN6O3. The number of nitrogens with one attached hydrogen (secondary N) is 3. The molecule has 0 saturated carbocycles. The number of halogens is 1. The molecule has 3 aromatic rings. The van der Waals surface area contributed by atoms with E-state index in [1.807, 2.05) is 35.2 Å². The lowest BCUT2D eigenvalue weighted by molar-refractivity contribution is -0.119. The topological polar surface area (TPSA) is 119 Å². The largest absolute Gasteiger partial charge is 0.389 e. The number of anilines is 2. The number of carbonyl (C=O) groups is 2. The Hall–Kier alpha value is -3.89. The first-order valence-electron chi connectivity index (χ1n) is 12.7. The average Bonchev–Trinajstić information content (AvgIpc) is 2.90. The zero-order valence-corrected chi connectivity index (χ0v) is 21.4. The van der Waals surface area contributed by atoms with Crippen molar-refractivity contribution in [3.8, 4) is 11.4 Å². The fourth-order valence-corrected chi connectivity index (χ4v) is 4.42. The van der Waals surface area contributed by atoms with Crippen molar-refractivity contribution in [1.29, 1.82) is 0 Å². The highest BCUT2D eigenvalue weighted by molar-refractivity contribution is 5.92. The van der Waals surface area contributed by atoms with Crippen molar-refractivity contribution in [2.45, 2.75) is 31.8 Å². The summed E-state index contributed by atoms with van der Waals surface area (Å²) < 4.78 is 13.2. The van der Waals surface area contributed by atoms with E-state index in [2.05, 4.69) is 25.9 Å². The molecule has 0 atom stereocenters. The number of aromatic nitrogens is 2. The molecule has 0 bridgehead atoms. The molecule has 9 nitrogen and oxygen atoms in total. The van der Waals surface area contributed by atoms with E-state index < -0.39 is 5.60 Å². The van der Waals surface area contributed by atoms with E-state index in [-0.39, 0.29) is 24.2 Å². The number of amides is 2. The number of benzene rings is 2. The molecule has 0 unspecified atom stereocenters. The number of nitrogens with zero attached hydrogens (tertiary/aromatic N) is 3. The highest BCUT2D eigenvalue weighted by atomic mass is 19.1. The van der Waals surface area contributed by atoms with Crippen molar-refractivity contribution in [2.75, 3.05) is 43.4 Å². The highest BCUT2D eigenvalue weighted by Crippen LogP contribution is 2.27. The lowest BCUT2D eigenvalue weighted by Crippen LogP contribution is -2.47. The molecule has 0 spiro atoms. The van der Waals surface area contributed by atoms with Crippen LogP contribution in [0, 0.1) is 5.82 Å². The van der Waals surface area contributed by atoms with E-state index in [4.69, 9.17) is 0 Å². The maximum atomic E-state index is 13.2. The molecule has 0 radical (unpaired) electrons. The Morgan fingerprint density at radius 3 is 2.37 bits per heavy atom. The van der Waals surface area contributed by atoms with Crippen LogP contribution < -0.4 is 16.0 Å². The Bertz CT molecular complexity index is 1230. The first-order valence-corrected chi connectivity index (χ1v) is 12.7. The van der Waals surface area contributed by atoms with Crippen LogP contribution in [0.1, 0.15) is 25.3 Å². The van der Waals surface area contributed by atoms with Crippen LogP contribution in [-0.2, 0) is 16.0 Å². The summed E-state index contributed by atoms with van der Waals surface area (Å²) in [5.74, 6) is 0.747. The van der Waals surface area contributed by atoms with Gasteiger partial charge in [0.2, 0.25) is 11.8 Å². The van der Waals surface area contributed by atoms with Crippen LogP contribution in [-0.4, -0.2) is 70.1 Å². The highest BCUT2D eigenvalue weighted by Gasteiger charge is 2.33. The fourth-order valence-electron chi connectivity index (χ4n) is 4.42. The second-order valence-corrected chi connectivity index (χ2v) is 9.59. The van der Waals surface area contributed by atoms with Gasteiger partial charge in [-0.3, -0.25) is 14.5 Å². The molecule has 1 aromatic heterocycles. The third kappa shape index (κ3) is 8.06. The number of carbonyl (C=O) groups excluding carboxylic acids is 2. The minimum absolute atomic E-state index is 0.112. The van der Waals surface area contributed by atoms with Crippen LogP contribution in [0.25, 0.3) is 11.4 Å². The Balaban J connectivity index is 1.35. The summed E-state index contributed by atoms with van der Waals surface area (Å²) in [7, 11) is 0. The summed E-state index contributed by atoms with van der Waals surface area (Å²) in [6, 6.07) is 17.3. The maximum absolute atomic E-state index is 13.2. The second kappa shape index (κ2) is 12.6. The molecule has 0 aliphatic carbocycles. The van der Waals surface area contributed by atoms with Crippen LogP contribution >= 0.6 is 0 Å². The molecule has 4 N–H and O–H groups in total. The SMILES string of the molecule is CC(=O)NCCNc1cc(NC(=O)CN2CCC(O)(Cc3ccc(F)cc3)CC2)nc(-c2ccccc2)n1. The van der Waals surface area contributed by atoms with Gasteiger partial charge in [-0.2, -0.15) is 0 Å². The van der Waals surface area contributed by atoms with Gasteiger partial charge in [-0.05, 0) is 30.5 Å². The first kappa shape index (κ1) is 27.2. The summed E-state index contributed by atoms with van der Waals surface area (Å²) in [5, 5.41) is 19.8. The number of piperidine rings is 1. The minimum atomic E-state index is -0.875. The second-order valence-electron chi connectivity index (χ2n) is 9.59. The number of likely N-dealkylation sites (tertiary alicyclic amines) is 1. The standard InChI is InChI=1S/C28H33FN6O3/c1-20(36)30-13-14-31-24-17-25(34-27(33-24)22-5-3-2-4-6-22)32-26(37)19-35-15-11-28(38,12-16-35)18-21-7-9-23(29)10-8-21/h2-10,17,38H,11-16,18-19H2,1H3,(H,30,36)(H2,31,32,33,34,37). The van der Waals surface area contributed by atoms with Gasteiger partial charge in [0.1, 0.15) is 17.5 Å². The number of hydrogen-bond acceptors (Lipinski definition) is 7. The van der Waals surface area contributed by atoms with Gasteiger partial charge in [0.05, 0.1) is 12.1 Å². The molecule has 1 fully saturated rings. The smallest absolute Gasteiger partial charge is 0.239 e. The predicted molar refractivity (Wildman–Crippen MR) is 144 cm³/mol. The first-order chi connectivity index (χ1) is 18.3. The van der Waals surface area contributed by atoms with Crippen molar-refractivity contribution in [3.05, 3.63) is 72.0 Å². The molecule has 1 aliphatic rings. The molecule has 2 aromatic carbocycles. The molecular weight excluding hydrogens is 487 g/mol. The minimum Gasteiger partial charge on any atom is -0.389 e. The van der Waals surface area contributed by atoms with Crippen molar-refractivity contribution in [2.24, 2.45) is 0 Å². The van der Waals surface area contributed by atoms with Gasteiger partial charge in [0.15, 0.2) is 5.82 Å². The van der Waals surface area contributed by atoms with Gasteiger partial charge in [0, 0.05) is 51.2 Å². The molecule has 200 valence electrons. The van der Waals surface area contributed by atoms with Gasteiger partial charge >= 0.3 is 0 Å². The van der Waals surface area contributed by atoms with Gasteiger partial charge in [0.25, 0.3) is 0 Å². The van der Waals surface area contributed by atoms with Crippen LogP contribution in [0.3, 0.4) is 0 Å². The molecule has 10 heteroatoms.